The lowest BCUT2D eigenvalue weighted by Gasteiger charge is -2.48. The molecule has 4 rings (SSSR count). The Morgan fingerprint density at radius 2 is 1.83 bits per heavy atom. The fraction of sp³-hybridized carbons (Fsp3) is 0.632. The van der Waals surface area contributed by atoms with Gasteiger partial charge in [0.25, 0.3) is 0 Å². The van der Waals surface area contributed by atoms with Crippen LogP contribution in [0, 0.1) is 5.92 Å². The smallest absolute Gasteiger partial charge is 0.244 e. The number of amides is 1. The lowest BCUT2D eigenvalue weighted by Crippen LogP contribution is -2.56. The average molecular weight is 350 g/mol. The highest BCUT2D eigenvalue weighted by Crippen LogP contribution is 2.38. The number of piperidine rings is 2. The first-order chi connectivity index (χ1) is 11.2. The Labute approximate surface area is 150 Å². The van der Waals surface area contributed by atoms with Gasteiger partial charge >= 0.3 is 0 Å². The van der Waals surface area contributed by atoms with Crippen LogP contribution >= 0.6 is 12.4 Å². The first-order valence-corrected chi connectivity index (χ1v) is 9.09. The second-order valence-electron chi connectivity index (χ2n) is 7.40. The number of benzene rings is 1. The minimum Gasteiger partial charge on any atom is -0.341 e. The Kier molecular flexibility index (Phi) is 5.48. The van der Waals surface area contributed by atoms with Crippen LogP contribution in [-0.2, 0) is 4.79 Å². The monoisotopic (exact) mass is 349 g/mol. The van der Waals surface area contributed by atoms with Crippen molar-refractivity contribution < 1.29 is 4.79 Å². The summed E-state index contributed by atoms with van der Waals surface area (Å²) in [6, 6.07) is 10.8. The maximum Gasteiger partial charge on any atom is 0.244 e. The number of carbonyl (C=O) groups excluding carboxylic acids is 1. The van der Waals surface area contributed by atoms with Crippen LogP contribution in [0.1, 0.15) is 43.7 Å². The van der Waals surface area contributed by atoms with E-state index in [0.717, 1.165) is 31.1 Å². The highest BCUT2D eigenvalue weighted by Gasteiger charge is 2.43. The van der Waals surface area contributed by atoms with Crippen molar-refractivity contribution in [1.82, 2.24) is 9.80 Å². The zero-order valence-electron chi connectivity index (χ0n) is 14.1. The summed E-state index contributed by atoms with van der Waals surface area (Å²) in [5.41, 5.74) is 7.14. The molecule has 2 saturated heterocycles. The summed E-state index contributed by atoms with van der Waals surface area (Å²) in [5, 5.41) is 0. The number of nitrogens with two attached hydrogens (primary N) is 1. The molecule has 3 atom stereocenters. The van der Waals surface area contributed by atoms with Gasteiger partial charge in [0, 0.05) is 25.2 Å². The topological polar surface area (TPSA) is 49.6 Å². The fourth-order valence-corrected chi connectivity index (χ4v) is 4.50. The average Bonchev–Trinajstić information content (AvgIpc) is 3.45. The first kappa shape index (κ1) is 17.7. The largest absolute Gasteiger partial charge is 0.341 e. The molecule has 1 aliphatic carbocycles. The van der Waals surface area contributed by atoms with Gasteiger partial charge in [0.05, 0.1) is 0 Å². The van der Waals surface area contributed by atoms with Crippen LogP contribution in [0.15, 0.2) is 30.3 Å². The molecule has 1 amide bonds. The van der Waals surface area contributed by atoms with Crippen molar-refractivity contribution in [3.8, 4) is 0 Å². The minimum absolute atomic E-state index is 0. The zero-order valence-corrected chi connectivity index (χ0v) is 15.0. The van der Waals surface area contributed by atoms with Crippen LogP contribution < -0.4 is 5.73 Å². The number of halogens is 1. The van der Waals surface area contributed by atoms with E-state index in [4.69, 9.17) is 5.73 Å². The molecule has 2 aliphatic heterocycles. The Morgan fingerprint density at radius 1 is 1.08 bits per heavy atom. The predicted octanol–water partition coefficient (Wildman–Crippen LogP) is 2.58. The van der Waals surface area contributed by atoms with Gasteiger partial charge in [0.15, 0.2) is 0 Å². The summed E-state index contributed by atoms with van der Waals surface area (Å²) in [7, 11) is 0. The highest BCUT2D eigenvalue weighted by atomic mass is 35.5. The standard InChI is InChI=1S/C19H27N3O.ClH/c20-18(14-5-2-1-3-6-14)19(23)21-12-10-17-15(13-21)7-4-11-22(17)16-8-9-16;/h1-3,5-6,15-18H,4,7-13,20H2;1H. The van der Waals surface area contributed by atoms with Crippen molar-refractivity contribution in [2.75, 3.05) is 19.6 Å². The molecule has 0 spiro atoms. The van der Waals surface area contributed by atoms with Gasteiger partial charge < -0.3 is 10.6 Å². The SMILES string of the molecule is Cl.NC(C(=O)N1CCC2C(CCCN2C2CC2)C1)c1ccccc1. The summed E-state index contributed by atoms with van der Waals surface area (Å²) in [6.45, 7) is 3.03. The quantitative estimate of drug-likeness (QED) is 0.912. The molecule has 0 bridgehead atoms. The molecule has 1 aromatic rings. The first-order valence-electron chi connectivity index (χ1n) is 9.09. The summed E-state index contributed by atoms with van der Waals surface area (Å²) >= 11 is 0. The van der Waals surface area contributed by atoms with Crippen LogP contribution in [0.25, 0.3) is 0 Å². The maximum absolute atomic E-state index is 12.8. The van der Waals surface area contributed by atoms with E-state index < -0.39 is 6.04 Å². The van der Waals surface area contributed by atoms with Crippen LogP contribution in [0.4, 0.5) is 0 Å². The Balaban J connectivity index is 0.00000169. The molecule has 5 heteroatoms. The molecular weight excluding hydrogens is 322 g/mol. The summed E-state index contributed by atoms with van der Waals surface area (Å²) in [5.74, 6) is 0.739. The number of carbonyl (C=O) groups is 1. The zero-order chi connectivity index (χ0) is 15.8. The van der Waals surface area contributed by atoms with Gasteiger partial charge in [0.2, 0.25) is 5.91 Å². The van der Waals surface area contributed by atoms with Gasteiger partial charge in [0.1, 0.15) is 6.04 Å². The van der Waals surface area contributed by atoms with E-state index in [-0.39, 0.29) is 18.3 Å². The second-order valence-corrected chi connectivity index (χ2v) is 7.40. The molecule has 132 valence electrons. The van der Waals surface area contributed by atoms with Crippen LogP contribution in [0.3, 0.4) is 0 Å². The maximum atomic E-state index is 12.8. The van der Waals surface area contributed by atoms with Crippen LogP contribution in [0.2, 0.25) is 0 Å². The lowest BCUT2D eigenvalue weighted by atomic mass is 9.83. The molecule has 2 N–H and O–H groups in total. The summed E-state index contributed by atoms with van der Waals surface area (Å²) < 4.78 is 0. The number of rotatable bonds is 3. The highest BCUT2D eigenvalue weighted by molar-refractivity contribution is 5.85. The van der Waals surface area contributed by atoms with Crippen molar-refractivity contribution in [3.63, 3.8) is 0 Å². The normalized spacial score (nSPS) is 28.6. The second kappa shape index (κ2) is 7.42. The predicted molar refractivity (Wildman–Crippen MR) is 98.1 cm³/mol. The van der Waals surface area contributed by atoms with Gasteiger partial charge in [-0.2, -0.15) is 0 Å². The van der Waals surface area contributed by atoms with E-state index >= 15 is 0 Å². The van der Waals surface area contributed by atoms with Crippen LogP contribution in [0.5, 0.6) is 0 Å². The van der Waals surface area contributed by atoms with E-state index in [1.54, 1.807) is 0 Å². The van der Waals surface area contributed by atoms with E-state index in [1.807, 2.05) is 35.2 Å². The van der Waals surface area contributed by atoms with E-state index in [9.17, 15) is 4.79 Å². The number of nitrogens with zero attached hydrogens (tertiary/aromatic N) is 2. The van der Waals surface area contributed by atoms with Crippen molar-refractivity contribution in [3.05, 3.63) is 35.9 Å². The molecule has 3 unspecified atom stereocenters. The van der Waals surface area contributed by atoms with Gasteiger partial charge in [-0.3, -0.25) is 9.69 Å². The Bertz CT molecular complexity index is 563. The third-order valence-corrected chi connectivity index (χ3v) is 5.86. The molecule has 0 radical (unpaired) electrons. The number of fused-ring (bicyclic) bond motifs is 1. The van der Waals surface area contributed by atoms with E-state index in [1.165, 1.54) is 32.2 Å². The summed E-state index contributed by atoms with van der Waals surface area (Å²) in [6.07, 6.45) is 6.42. The molecule has 24 heavy (non-hydrogen) atoms. The fourth-order valence-electron chi connectivity index (χ4n) is 4.50. The summed E-state index contributed by atoms with van der Waals surface area (Å²) in [4.78, 5) is 17.6. The van der Waals surface area contributed by atoms with Crippen molar-refractivity contribution >= 4 is 18.3 Å². The Hall–Kier alpha value is -1.10. The molecule has 1 saturated carbocycles. The molecule has 2 heterocycles. The molecular formula is C19H28ClN3O. The van der Waals surface area contributed by atoms with Crippen molar-refractivity contribution in [2.24, 2.45) is 11.7 Å². The van der Waals surface area contributed by atoms with Crippen molar-refractivity contribution in [2.45, 2.75) is 50.2 Å². The van der Waals surface area contributed by atoms with Gasteiger partial charge in [-0.05, 0) is 50.1 Å². The Morgan fingerprint density at radius 3 is 2.54 bits per heavy atom. The third kappa shape index (κ3) is 3.46. The number of likely N-dealkylation sites (tertiary alicyclic amines) is 2. The molecule has 1 aromatic carbocycles. The van der Waals surface area contributed by atoms with E-state index in [0.29, 0.717) is 12.0 Å². The number of hydrogen-bond donors (Lipinski definition) is 1. The minimum atomic E-state index is -0.518. The molecule has 3 fully saturated rings. The lowest BCUT2D eigenvalue weighted by molar-refractivity contribution is -0.136. The van der Waals surface area contributed by atoms with Gasteiger partial charge in [-0.15, -0.1) is 12.4 Å². The third-order valence-electron chi connectivity index (χ3n) is 5.86. The molecule has 0 aromatic heterocycles. The van der Waals surface area contributed by atoms with Crippen molar-refractivity contribution in [1.29, 1.82) is 0 Å². The van der Waals surface area contributed by atoms with Gasteiger partial charge in [-0.1, -0.05) is 30.3 Å². The molecule has 3 aliphatic rings. The molecule has 4 nitrogen and oxygen atoms in total. The number of hydrogen-bond acceptors (Lipinski definition) is 3. The van der Waals surface area contributed by atoms with E-state index in [2.05, 4.69) is 4.90 Å². The van der Waals surface area contributed by atoms with Gasteiger partial charge in [-0.25, -0.2) is 0 Å². The van der Waals surface area contributed by atoms with Crippen LogP contribution in [-0.4, -0.2) is 47.4 Å².